The van der Waals surface area contributed by atoms with E-state index in [1.807, 2.05) is 0 Å². The van der Waals surface area contributed by atoms with Crippen LogP contribution in [0.3, 0.4) is 0 Å². The molecular weight excluding hydrogens is 348 g/mol. The molecule has 3 aromatic heterocycles. The number of ether oxygens (including phenoxy) is 1. The largest absolute Gasteiger partial charge is 0.394 e. The molecule has 1 aliphatic heterocycles. The van der Waals surface area contributed by atoms with Crippen molar-refractivity contribution in [2.75, 3.05) is 12.3 Å². The van der Waals surface area contributed by atoms with Crippen molar-refractivity contribution in [3.8, 4) is 0 Å². The smallest absolute Gasteiger partial charge is 0.327 e. The van der Waals surface area contributed by atoms with Crippen LogP contribution in [0.15, 0.2) is 15.9 Å². The number of hydrogen-bond donors (Lipinski definition) is 6. The highest BCUT2D eigenvalue weighted by Crippen LogP contribution is 2.42. The van der Waals surface area contributed by atoms with Crippen LogP contribution in [0, 0.1) is 0 Å². The lowest BCUT2D eigenvalue weighted by atomic mass is 9.96. The van der Waals surface area contributed by atoms with E-state index in [0.717, 1.165) is 6.33 Å². The van der Waals surface area contributed by atoms with E-state index in [1.165, 1.54) is 11.5 Å². The van der Waals surface area contributed by atoms with E-state index in [9.17, 15) is 24.9 Å². The maximum absolute atomic E-state index is 12.3. The van der Waals surface area contributed by atoms with Gasteiger partial charge >= 0.3 is 5.69 Å². The Morgan fingerprint density at radius 3 is 2.73 bits per heavy atom. The fourth-order valence-electron chi connectivity index (χ4n) is 3.40. The van der Waals surface area contributed by atoms with Crippen molar-refractivity contribution in [2.24, 2.45) is 0 Å². The van der Waals surface area contributed by atoms with E-state index in [1.54, 1.807) is 0 Å². The van der Waals surface area contributed by atoms with Crippen LogP contribution in [0.25, 0.3) is 22.1 Å². The van der Waals surface area contributed by atoms with Crippen molar-refractivity contribution in [1.82, 2.24) is 24.5 Å². The van der Waals surface area contributed by atoms with Gasteiger partial charge in [0.05, 0.1) is 17.4 Å². The maximum atomic E-state index is 12.3. The SMILES string of the molecule is C[C@@]1(O)[C@H](O)[C@@H](CO)O[C@H]1n1c2ncnc(N)c2c2c(=O)[nH]c(=O)[nH]c21. The highest BCUT2D eigenvalue weighted by Gasteiger charge is 2.53. The molecule has 4 rings (SSSR count). The number of aromatic nitrogens is 5. The molecule has 26 heavy (non-hydrogen) atoms. The van der Waals surface area contributed by atoms with E-state index in [-0.39, 0.29) is 27.9 Å². The molecule has 1 fully saturated rings. The molecule has 0 bridgehead atoms. The Balaban J connectivity index is 2.14. The van der Waals surface area contributed by atoms with E-state index >= 15 is 0 Å². The summed E-state index contributed by atoms with van der Waals surface area (Å²) >= 11 is 0. The van der Waals surface area contributed by atoms with Crippen molar-refractivity contribution >= 4 is 27.9 Å². The van der Waals surface area contributed by atoms with Crippen molar-refractivity contribution in [3.05, 3.63) is 27.2 Å². The molecule has 0 aromatic carbocycles. The molecule has 12 nitrogen and oxygen atoms in total. The van der Waals surface area contributed by atoms with Gasteiger partial charge in [0.1, 0.15) is 41.2 Å². The molecule has 0 spiro atoms. The van der Waals surface area contributed by atoms with Gasteiger partial charge in [0.15, 0.2) is 6.23 Å². The highest BCUT2D eigenvalue weighted by atomic mass is 16.6. The van der Waals surface area contributed by atoms with Gasteiger partial charge in [-0.2, -0.15) is 0 Å². The Kier molecular flexibility index (Phi) is 3.43. The minimum atomic E-state index is -1.86. The maximum Gasteiger partial charge on any atom is 0.327 e. The molecule has 4 atom stereocenters. The normalized spacial score (nSPS) is 29.0. The number of H-pyrrole nitrogens is 2. The van der Waals surface area contributed by atoms with E-state index < -0.39 is 41.9 Å². The average Bonchev–Trinajstić information content (AvgIpc) is 3.01. The Morgan fingerprint density at radius 2 is 2.08 bits per heavy atom. The first-order valence-corrected chi connectivity index (χ1v) is 7.70. The van der Waals surface area contributed by atoms with Crippen LogP contribution >= 0.6 is 0 Å². The van der Waals surface area contributed by atoms with Gasteiger partial charge in [0.25, 0.3) is 5.56 Å². The fourth-order valence-corrected chi connectivity index (χ4v) is 3.40. The van der Waals surface area contributed by atoms with Gasteiger partial charge in [0, 0.05) is 0 Å². The van der Waals surface area contributed by atoms with Gasteiger partial charge in [-0.15, -0.1) is 0 Å². The third kappa shape index (κ3) is 2.03. The van der Waals surface area contributed by atoms with Crippen molar-refractivity contribution in [1.29, 1.82) is 0 Å². The zero-order valence-corrected chi connectivity index (χ0v) is 13.5. The third-order valence-electron chi connectivity index (χ3n) is 4.67. The lowest BCUT2D eigenvalue weighted by Crippen LogP contribution is -2.44. The van der Waals surface area contributed by atoms with Gasteiger partial charge in [-0.3, -0.25) is 19.3 Å². The standard InChI is InChI=1S/C14H16N6O6/c1-14(25)7(22)4(2-21)26-12(14)20-9-5(8(15)16-3-17-9)6-10(20)18-13(24)19-11(6)23/h3-4,7,12,21-22,25H,2H2,1H3,(H2,15,16,17)(H2,18,19,23,24)/t4-,7-,12-,14-/m1/s1. The third-order valence-corrected chi connectivity index (χ3v) is 4.67. The second-order valence-corrected chi connectivity index (χ2v) is 6.34. The van der Waals surface area contributed by atoms with Crippen LogP contribution in [0.4, 0.5) is 5.82 Å². The Bertz CT molecular complexity index is 1130. The summed E-state index contributed by atoms with van der Waals surface area (Å²) in [5.41, 5.74) is 2.65. The summed E-state index contributed by atoms with van der Waals surface area (Å²) in [6, 6.07) is 0. The molecule has 138 valence electrons. The summed E-state index contributed by atoms with van der Waals surface area (Å²) in [5.74, 6) is -0.00630. The number of rotatable bonds is 2. The summed E-state index contributed by atoms with van der Waals surface area (Å²) in [5, 5.41) is 30.6. The second kappa shape index (κ2) is 5.35. The molecule has 0 amide bonds. The van der Waals surface area contributed by atoms with Crippen LogP contribution in [0.2, 0.25) is 0 Å². The van der Waals surface area contributed by atoms with Gasteiger partial charge in [-0.25, -0.2) is 14.8 Å². The van der Waals surface area contributed by atoms with Crippen molar-refractivity contribution in [2.45, 2.75) is 31.0 Å². The summed E-state index contributed by atoms with van der Waals surface area (Å²) in [6.07, 6.45) is -2.60. The molecule has 12 heteroatoms. The monoisotopic (exact) mass is 364 g/mol. The molecule has 0 unspecified atom stereocenters. The number of anilines is 1. The number of aromatic amines is 2. The first-order valence-electron chi connectivity index (χ1n) is 7.70. The van der Waals surface area contributed by atoms with Crippen molar-refractivity contribution < 1.29 is 20.1 Å². The van der Waals surface area contributed by atoms with Gasteiger partial charge in [0.2, 0.25) is 0 Å². The summed E-state index contributed by atoms with van der Waals surface area (Å²) < 4.78 is 6.86. The van der Waals surface area contributed by atoms with Gasteiger partial charge < -0.3 is 25.8 Å². The Labute approximate surface area is 143 Å². The molecule has 0 saturated carbocycles. The fraction of sp³-hybridized carbons (Fsp3) is 0.429. The van der Waals surface area contributed by atoms with Crippen LogP contribution in [-0.2, 0) is 4.74 Å². The zero-order chi connectivity index (χ0) is 18.8. The summed E-state index contributed by atoms with van der Waals surface area (Å²) in [7, 11) is 0. The molecule has 0 aliphatic carbocycles. The first kappa shape index (κ1) is 16.7. The molecule has 1 aliphatic rings. The molecule has 3 aromatic rings. The minimum absolute atomic E-state index is 0.00276. The first-order chi connectivity index (χ1) is 12.3. The number of nitrogens with two attached hydrogens (primary N) is 1. The van der Waals surface area contributed by atoms with Crippen LogP contribution in [0.1, 0.15) is 13.2 Å². The zero-order valence-electron chi connectivity index (χ0n) is 13.5. The van der Waals surface area contributed by atoms with E-state index in [0.29, 0.717) is 0 Å². The molecule has 4 heterocycles. The molecular formula is C14H16N6O6. The molecule has 0 radical (unpaired) electrons. The number of nitrogens with zero attached hydrogens (tertiary/aromatic N) is 3. The molecule has 1 saturated heterocycles. The van der Waals surface area contributed by atoms with Crippen LogP contribution < -0.4 is 17.0 Å². The number of fused-ring (bicyclic) bond motifs is 3. The van der Waals surface area contributed by atoms with E-state index in [2.05, 4.69) is 19.9 Å². The molecule has 7 N–H and O–H groups in total. The van der Waals surface area contributed by atoms with Gasteiger partial charge in [-0.05, 0) is 6.92 Å². The van der Waals surface area contributed by atoms with Crippen LogP contribution in [0.5, 0.6) is 0 Å². The quantitative estimate of drug-likeness (QED) is 0.286. The van der Waals surface area contributed by atoms with E-state index in [4.69, 9.17) is 10.5 Å². The predicted molar refractivity (Wildman–Crippen MR) is 88.3 cm³/mol. The lowest BCUT2D eigenvalue weighted by molar-refractivity contribution is -0.0932. The number of nitrogens with one attached hydrogen (secondary N) is 2. The van der Waals surface area contributed by atoms with Gasteiger partial charge in [-0.1, -0.05) is 0 Å². The second-order valence-electron chi connectivity index (χ2n) is 6.34. The number of hydrogen-bond acceptors (Lipinski definition) is 9. The lowest BCUT2D eigenvalue weighted by Gasteiger charge is -2.28. The summed E-state index contributed by atoms with van der Waals surface area (Å²) in [4.78, 5) is 36.7. The number of aliphatic hydroxyl groups is 3. The number of aliphatic hydroxyl groups excluding tert-OH is 2. The topological polar surface area (TPSA) is 192 Å². The highest BCUT2D eigenvalue weighted by molar-refractivity contribution is 6.09. The Hall–Kier alpha value is -2.80. The summed E-state index contributed by atoms with van der Waals surface area (Å²) in [6.45, 7) is 0.769. The average molecular weight is 364 g/mol. The predicted octanol–water partition coefficient (Wildman–Crippen LogP) is -2.46. The van der Waals surface area contributed by atoms with Crippen LogP contribution in [-0.4, -0.2) is 64.2 Å². The minimum Gasteiger partial charge on any atom is -0.394 e. The number of nitrogen functional groups attached to an aromatic ring is 1. The van der Waals surface area contributed by atoms with Crippen molar-refractivity contribution in [3.63, 3.8) is 0 Å². The Morgan fingerprint density at radius 1 is 1.35 bits per heavy atom.